The van der Waals surface area contributed by atoms with Crippen LogP contribution < -0.4 is 18.9 Å². The van der Waals surface area contributed by atoms with Gasteiger partial charge in [-0.2, -0.15) is 15.2 Å². The van der Waals surface area contributed by atoms with Crippen molar-refractivity contribution >= 4 is 0 Å². The Labute approximate surface area is 487 Å². The Balaban J connectivity index is 0.000000462. The molecule has 82 heavy (non-hydrogen) atoms. The van der Waals surface area contributed by atoms with Gasteiger partial charge in [-0.1, -0.05) is 19.9 Å². The van der Waals surface area contributed by atoms with Crippen molar-refractivity contribution in [2.24, 2.45) is 0 Å². The molecule has 19 nitrogen and oxygen atoms in total. The van der Waals surface area contributed by atoms with E-state index in [-0.39, 0.29) is 6.10 Å². The van der Waals surface area contributed by atoms with Crippen molar-refractivity contribution in [3.63, 3.8) is 0 Å². The Morgan fingerprint density at radius 2 is 0.756 bits per heavy atom. The number of nitrogens with zero attached hydrogens (tertiary/aromatic N) is 15. The molecule has 0 fully saturated rings. The highest BCUT2D eigenvalue weighted by Crippen LogP contribution is 2.13. The van der Waals surface area contributed by atoms with Gasteiger partial charge in [-0.25, -0.2) is 44.9 Å². The van der Waals surface area contributed by atoms with E-state index in [1.807, 2.05) is 185 Å². The second-order valence-corrected chi connectivity index (χ2v) is 18.9. The maximum Gasteiger partial charge on any atom is 0.216 e. The third-order valence-corrected chi connectivity index (χ3v) is 9.89. The largest absolute Gasteiger partial charge is 0.497 e. The first-order chi connectivity index (χ1) is 38.8. The molecule has 0 N–H and O–H groups in total. The molecule has 0 atom stereocenters. The summed E-state index contributed by atoms with van der Waals surface area (Å²) in [7, 11) is 4.83. The van der Waals surface area contributed by atoms with Crippen molar-refractivity contribution in [2.75, 3.05) is 21.3 Å². The van der Waals surface area contributed by atoms with Crippen LogP contribution in [0.25, 0.3) is 0 Å². The molecular weight excluding hydrogens is 1030 g/mol. The quantitative estimate of drug-likeness (QED) is 0.151. The summed E-state index contributed by atoms with van der Waals surface area (Å²) in [5.74, 6) is 5.82. The van der Waals surface area contributed by atoms with Crippen LogP contribution in [0, 0.1) is 104 Å². The molecule has 0 amide bonds. The minimum Gasteiger partial charge on any atom is -0.497 e. The Bertz CT molecular complexity index is 2950. The third-order valence-electron chi connectivity index (χ3n) is 9.89. The predicted molar refractivity (Wildman–Crippen MR) is 325 cm³/mol. The maximum absolute atomic E-state index is 5.34. The standard InChI is InChI=1S/C9H13N.C8H12N2O.C7H10N2O.2C7H10N2.C7H9NO.C7H9N.C6H8N2O.C5H6N2/c1-7(2)9-4-5-10-8(3)6-9;1-6(2)11-8-4-7(3)9-5-10-8;1-5-4-7(10-3)9-6(2)8-5;2*1-5-4-6(2)9-7(3)8-5;1-6-5-7(9-2)3-4-8-6;1-6-4-3-5-7(2)8-6;1-5-3-6(9-2)8-4-7-5;1-5-3-2-4-6-7-5/h4-7H,1-3H3;4-6H,1-3H3;4H,1-3H3;2*4H,1-3H3;3-5H,1-2H3;3-5H,1-2H3;3-4H,1-2H3;2-4H,1H3. The molecular formula is C63H87N15O4. The van der Waals surface area contributed by atoms with Gasteiger partial charge in [0.05, 0.1) is 33.1 Å². The molecule has 0 aliphatic rings. The van der Waals surface area contributed by atoms with Crippen LogP contribution in [0.3, 0.4) is 0 Å². The van der Waals surface area contributed by atoms with Crippen molar-refractivity contribution in [3.8, 4) is 23.4 Å². The lowest BCUT2D eigenvalue weighted by Crippen LogP contribution is -2.07. The van der Waals surface area contributed by atoms with Crippen molar-refractivity contribution in [3.05, 3.63) is 208 Å². The third kappa shape index (κ3) is 35.6. The van der Waals surface area contributed by atoms with Crippen LogP contribution in [0.1, 0.15) is 125 Å². The number of hydrogen-bond donors (Lipinski definition) is 0. The van der Waals surface area contributed by atoms with Crippen LogP contribution in [-0.2, 0) is 0 Å². The van der Waals surface area contributed by atoms with Crippen LogP contribution in [-0.4, -0.2) is 102 Å². The van der Waals surface area contributed by atoms with Gasteiger partial charge in [-0.15, -0.1) is 0 Å². The number of rotatable bonds is 6. The van der Waals surface area contributed by atoms with Gasteiger partial charge in [0.1, 0.15) is 35.9 Å². The maximum atomic E-state index is 5.34. The zero-order chi connectivity index (χ0) is 61.6. The average Bonchev–Trinajstić information content (AvgIpc) is 3.40. The topological polar surface area (TPSA) is 230 Å². The van der Waals surface area contributed by atoms with Crippen molar-refractivity contribution < 1.29 is 18.9 Å². The summed E-state index contributed by atoms with van der Waals surface area (Å²) in [4.78, 5) is 52.5. The van der Waals surface area contributed by atoms with E-state index in [1.165, 1.54) is 18.2 Å². The SMILES string of the molecule is COc1cc(C)nc(C)n1.COc1cc(C)ncn1.COc1ccnc(C)c1.Cc1cc(C(C)C)ccn1.Cc1cc(C)nc(C)n1.Cc1cc(C)nc(C)n1.Cc1cc(OC(C)C)ncn1.Cc1cccc(C)n1.Cc1cccnn1. The number of pyridine rings is 3. The molecule has 0 saturated carbocycles. The molecule has 0 aromatic carbocycles. The fourth-order valence-electron chi connectivity index (χ4n) is 6.50. The summed E-state index contributed by atoms with van der Waals surface area (Å²) in [6.07, 6.45) is 8.41. The first-order valence-electron chi connectivity index (χ1n) is 26.6. The second-order valence-electron chi connectivity index (χ2n) is 18.9. The second kappa shape index (κ2) is 40.3. The first kappa shape index (κ1) is 71.1. The molecule has 0 bridgehead atoms. The van der Waals surface area contributed by atoms with Gasteiger partial charge in [0, 0.05) is 105 Å². The zero-order valence-electron chi connectivity index (χ0n) is 52.5. The number of aromatic nitrogens is 15. The van der Waals surface area contributed by atoms with Gasteiger partial charge in [-0.3, -0.25) is 15.0 Å². The Kier molecular flexibility index (Phi) is 35.0. The molecule has 9 heterocycles. The first-order valence-corrected chi connectivity index (χ1v) is 26.6. The molecule has 438 valence electrons. The van der Waals surface area contributed by atoms with Gasteiger partial charge >= 0.3 is 0 Å². The summed E-state index contributed by atoms with van der Waals surface area (Å²) < 4.78 is 20.1. The lowest BCUT2D eigenvalue weighted by Gasteiger charge is -2.07. The fraction of sp³-hybridized carbons (Fsp3) is 0.381. The van der Waals surface area contributed by atoms with E-state index >= 15 is 0 Å². The van der Waals surface area contributed by atoms with E-state index in [4.69, 9.17) is 18.9 Å². The summed E-state index contributed by atoms with van der Waals surface area (Å²) in [5.41, 5.74) is 13.5. The highest BCUT2D eigenvalue weighted by molar-refractivity contribution is 5.22. The minimum atomic E-state index is 0.171. The highest BCUT2D eigenvalue weighted by Gasteiger charge is 2.00. The van der Waals surface area contributed by atoms with Gasteiger partial charge in [-0.05, 0) is 184 Å². The molecule has 9 rings (SSSR count). The zero-order valence-corrected chi connectivity index (χ0v) is 52.5. The van der Waals surface area contributed by atoms with E-state index in [0.717, 1.165) is 91.5 Å². The van der Waals surface area contributed by atoms with Gasteiger partial charge in [0.2, 0.25) is 17.6 Å². The van der Waals surface area contributed by atoms with Gasteiger partial charge < -0.3 is 18.9 Å². The highest BCUT2D eigenvalue weighted by atomic mass is 16.5. The molecule has 0 radical (unpaired) electrons. The van der Waals surface area contributed by atoms with Gasteiger partial charge in [0.25, 0.3) is 0 Å². The lowest BCUT2D eigenvalue weighted by molar-refractivity contribution is 0.232. The fourth-order valence-corrected chi connectivity index (χ4v) is 6.50. The van der Waals surface area contributed by atoms with Crippen molar-refractivity contribution in [1.82, 2.24) is 75.0 Å². The Morgan fingerprint density at radius 1 is 0.329 bits per heavy atom. The van der Waals surface area contributed by atoms with Crippen LogP contribution in [0.15, 0.2) is 116 Å². The Hall–Kier alpha value is -8.87. The van der Waals surface area contributed by atoms with E-state index in [1.54, 1.807) is 45.9 Å². The molecule has 19 heteroatoms. The predicted octanol–water partition coefficient (Wildman–Crippen LogP) is 12.7. The van der Waals surface area contributed by atoms with Crippen LogP contribution in [0.4, 0.5) is 0 Å². The summed E-state index contributed by atoms with van der Waals surface area (Å²) in [6, 6.07) is 27.0. The molecule has 0 spiro atoms. The molecule has 0 aliphatic carbocycles. The molecule has 9 aromatic rings. The molecule has 9 aromatic heterocycles. The van der Waals surface area contributed by atoms with Crippen LogP contribution >= 0.6 is 0 Å². The van der Waals surface area contributed by atoms with Crippen molar-refractivity contribution in [2.45, 2.75) is 144 Å². The summed E-state index contributed by atoms with van der Waals surface area (Å²) >= 11 is 0. The average molecular weight is 1120 g/mol. The number of hydrogen-bond acceptors (Lipinski definition) is 19. The monoisotopic (exact) mass is 1120 g/mol. The molecule has 0 saturated heterocycles. The molecule has 0 unspecified atom stereocenters. The van der Waals surface area contributed by atoms with E-state index in [2.05, 4.69) is 101 Å². The minimum absolute atomic E-state index is 0.171. The smallest absolute Gasteiger partial charge is 0.216 e. The summed E-state index contributed by atoms with van der Waals surface area (Å²) in [5, 5.41) is 7.36. The van der Waals surface area contributed by atoms with Gasteiger partial charge in [0.15, 0.2) is 0 Å². The van der Waals surface area contributed by atoms with E-state index in [0.29, 0.717) is 23.6 Å². The molecule has 0 aliphatic heterocycles. The lowest BCUT2D eigenvalue weighted by atomic mass is 10.0. The Morgan fingerprint density at radius 3 is 1.07 bits per heavy atom. The van der Waals surface area contributed by atoms with Crippen molar-refractivity contribution in [1.29, 1.82) is 0 Å². The number of methoxy groups -OCH3 is 3. The van der Waals surface area contributed by atoms with Crippen LogP contribution in [0.5, 0.6) is 23.4 Å². The van der Waals surface area contributed by atoms with E-state index < -0.39 is 0 Å². The normalized spacial score (nSPS) is 9.56. The van der Waals surface area contributed by atoms with E-state index in [9.17, 15) is 0 Å². The summed E-state index contributed by atoms with van der Waals surface area (Å²) in [6.45, 7) is 37.4. The number of ether oxygens (including phenoxy) is 4. The van der Waals surface area contributed by atoms with Crippen LogP contribution in [0.2, 0.25) is 0 Å². The number of aryl methyl sites for hydroxylation is 15.